The first kappa shape index (κ1) is 12.1. The molecule has 0 saturated carbocycles. The lowest BCUT2D eigenvalue weighted by Crippen LogP contribution is -2.27. The smallest absolute Gasteiger partial charge is 0.191 e. The molecule has 0 spiro atoms. The Balaban J connectivity index is 2.41. The molecule has 0 radical (unpaired) electrons. The molecule has 2 rings (SSSR count). The third-order valence-electron chi connectivity index (χ3n) is 2.74. The van der Waals surface area contributed by atoms with Crippen molar-refractivity contribution in [3.63, 3.8) is 0 Å². The second kappa shape index (κ2) is 3.82. The molecule has 1 saturated heterocycles. The van der Waals surface area contributed by atoms with Crippen molar-refractivity contribution in [2.24, 2.45) is 5.92 Å². The number of thiophene rings is 1. The lowest BCUT2D eigenvalue weighted by Gasteiger charge is -2.12. The minimum atomic E-state index is -3.48. The van der Waals surface area contributed by atoms with Gasteiger partial charge in [0.1, 0.15) is 4.21 Å². The number of sulfone groups is 2. The van der Waals surface area contributed by atoms with Crippen molar-refractivity contribution < 1.29 is 16.8 Å². The lowest BCUT2D eigenvalue weighted by molar-refractivity contribution is 0.561. The minimum absolute atomic E-state index is 0.0255. The van der Waals surface area contributed by atoms with E-state index in [0.29, 0.717) is 0 Å². The topological polar surface area (TPSA) is 68.3 Å². The van der Waals surface area contributed by atoms with Crippen LogP contribution in [0.1, 0.15) is 6.92 Å². The summed E-state index contributed by atoms with van der Waals surface area (Å²) in [6.07, 6.45) is 0. The molecular formula is C9H12O4S3. The Morgan fingerprint density at radius 2 is 2.06 bits per heavy atom. The van der Waals surface area contributed by atoms with E-state index in [-0.39, 0.29) is 21.6 Å². The van der Waals surface area contributed by atoms with Crippen molar-refractivity contribution >= 4 is 31.0 Å². The van der Waals surface area contributed by atoms with Gasteiger partial charge in [-0.25, -0.2) is 16.8 Å². The molecule has 1 fully saturated rings. The van der Waals surface area contributed by atoms with Crippen LogP contribution in [0, 0.1) is 5.92 Å². The molecule has 0 aromatic carbocycles. The largest absolute Gasteiger partial charge is 0.229 e. The second-order valence-corrected chi connectivity index (χ2v) is 9.56. The van der Waals surface area contributed by atoms with Crippen LogP contribution in [-0.2, 0) is 19.7 Å². The van der Waals surface area contributed by atoms with Crippen LogP contribution in [0.3, 0.4) is 0 Å². The summed E-state index contributed by atoms with van der Waals surface area (Å²) in [6, 6.07) is 3.18. The zero-order chi connectivity index (χ0) is 12.0. The molecule has 0 amide bonds. The summed E-state index contributed by atoms with van der Waals surface area (Å²) >= 11 is 1.14. The molecule has 0 aliphatic carbocycles. The zero-order valence-corrected chi connectivity index (χ0v) is 11.1. The number of rotatable bonds is 2. The van der Waals surface area contributed by atoms with Crippen molar-refractivity contribution in [1.82, 2.24) is 0 Å². The Morgan fingerprint density at radius 3 is 2.50 bits per heavy atom. The van der Waals surface area contributed by atoms with Crippen LogP contribution in [0.5, 0.6) is 0 Å². The monoisotopic (exact) mass is 280 g/mol. The molecule has 4 nitrogen and oxygen atoms in total. The van der Waals surface area contributed by atoms with Crippen molar-refractivity contribution in [1.29, 1.82) is 0 Å². The molecule has 2 heterocycles. The molecule has 1 aromatic heterocycles. The Kier molecular flexibility index (Phi) is 2.88. The predicted octanol–water partition coefficient (Wildman–Crippen LogP) is 0.955. The van der Waals surface area contributed by atoms with Gasteiger partial charge in [0, 0.05) is 0 Å². The summed E-state index contributed by atoms with van der Waals surface area (Å²) in [5.41, 5.74) is 0. The second-order valence-electron chi connectivity index (χ2n) is 4.07. The highest BCUT2D eigenvalue weighted by molar-refractivity contribution is 7.97. The van der Waals surface area contributed by atoms with E-state index in [9.17, 15) is 16.8 Å². The standard InChI is InChI=1S/C9H12O4S3/c1-7-5-15(10,11)6-8(7)16(12,13)9-3-2-4-14-9/h2-4,7-8H,5-6H2,1H3/t7-,8-/m0/s1. The Morgan fingerprint density at radius 1 is 1.38 bits per heavy atom. The van der Waals surface area contributed by atoms with E-state index in [1.54, 1.807) is 18.4 Å². The zero-order valence-electron chi connectivity index (χ0n) is 8.66. The Bertz CT molecular complexity index is 568. The first-order valence-corrected chi connectivity index (χ1v) is 9.05. The number of hydrogen-bond acceptors (Lipinski definition) is 5. The van der Waals surface area contributed by atoms with E-state index in [2.05, 4.69) is 0 Å². The van der Waals surface area contributed by atoms with Crippen molar-refractivity contribution in [2.75, 3.05) is 11.5 Å². The van der Waals surface area contributed by atoms with E-state index in [4.69, 9.17) is 0 Å². The third-order valence-corrected chi connectivity index (χ3v) is 8.63. The highest BCUT2D eigenvalue weighted by Gasteiger charge is 2.43. The van der Waals surface area contributed by atoms with Crippen LogP contribution in [0.4, 0.5) is 0 Å². The van der Waals surface area contributed by atoms with Gasteiger partial charge in [-0.2, -0.15) is 0 Å². The first-order valence-electron chi connectivity index (χ1n) is 4.81. The van der Waals surface area contributed by atoms with Crippen LogP contribution >= 0.6 is 11.3 Å². The molecule has 1 aliphatic rings. The molecule has 1 aliphatic heterocycles. The Hall–Kier alpha value is -0.400. The molecule has 0 N–H and O–H groups in total. The van der Waals surface area contributed by atoms with Crippen molar-refractivity contribution in [3.05, 3.63) is 17.5 Å². The van der Waals surface area contributed by atoms with E-state index in [1.807, 2.05) is 0 Å². The fourth-order valence-corrected chi connectivity index (χ4v) is 8.22. The van der Waals surface area contributed by atoms with Crippen LogP contribution in [0.2, 0.25) is 0 Å². The van der Waals surface area contributed by atoms with Crippen molar-refractivity contribution in [3.8, 4) is 0 Å². The summed E-state index contributed by atoms with van der Waals surface area (Å²) in [7, 11) is -6.67. The summed E-state index contributed by atoms with van der Waals surface area (Å²) < 4.78 is 47.4. The van der Waals surface area contributed by atoms with Crippen LogP contribution in [0.25, 0.3) is 0 Å². The average Bonchev–Trinajstić information content (AvgIpc) is 2.72. The molecule has 2 atom stereocenters. The van der Waals surface area contributed by atoms with Gasteiger partial charge in [-0.1, -0.05) is 13.0 Å². The quantitative estimate of drug-likeness (QED) is 0.809. The molecule has 0 unspecified atom stereocenters. The number of hydrogen-bond donors (Lipinski definition) is 0. The molecule has 90 valence electrons. The fraction of sp³-hybridized carbons (Fsp3) is 0.556. The van der Waals surface area contributed by atoms with E-state index in [0.717, 1.165) is 11.3 Å². The van der Waals surface area contributed by atoms with Gasteiger partial charge >= 0.3 is 0 Å². The van der Waals surface area contributed by atoms with Gasteiger partial charge < -0.3 is 0 Å². The summed E-state index contributed by atoms with van der Waals surface area (Å²) in [5, 5.41) is 0.900. The fourth-order valence-electron chi connectivity index (χ4n) is 1.96. The summed E-state index contributed by atoms with van der Waals surface area (Å²) in [4.78, 5) is 0. The van der Waals surface area contributed by atoms with Crippen LogP contribution in [-0.4, -0.2) is 33.6 Å². The van der Waals surface area contributed by atoms with Gasteiger partial charge in [0.15, 0.2) is 19.7 Å². The maximum atomic E-state index is 12.1. The van der Waals surface area contributed by atoms with Gasteiger partial charge in [0.05, 0.1) is 16.8 Å². The van der Waals surface area contributed by atoms with Gasteiger partial charge in [-0.3, -0.25) is 0 Å². The van der Waals surface area contributed by atoms with Crippen LogP contribution < -0.4 is 0 Å². The van der Waals surface area contributed by atoms with Crippen LogP contribution in [0.15, 0.2) is 21.7 Å². The first-order chi connectivity index (χ1) is 7.33. The van der Waals surface area contributed by atoms with E-state index < -0.39 is 24.9 Å². The summed E-state index contributed by atoms with van der Waals surface area (Å²) in [6.45, 7) is 1.68. The van der Waals surface area contributed by atoms with E-state index >= 15 is 0 Å². The average molecular weight is 280 g/mol. The molecule has 0 bridgehead atoms. The van der Waals surface area contributed by atoms with Gasteiger partial charge in [-0.05, 0) is 17.4 Å². The highest BCUT2D eigenvalue weighted by Crippen LogP contribution is 2.31. The molecule has 16 heavy (non-hydrogen) atoms. The highest BCUT2D eigenvalue weighted by atomic mass is 32.2. The predicted molar refractivity (Wildman–Crippen MR) is 63.1 cm³/mol. The Labute approximate surface area is 99.1 Å². The van der Waals surface area contributed by atoms with Gasteiger partial charge in [0.25, 0.3) is 0 Å². The lowest BCUT2D eigenvalue weighted by atomic mass is 10.2. The van der Waals surface area contributed by atoms with E-state index in [1.165, 1.54) is 6.07 Å². The van der Waals surface area contributed by atoms with Crippen molar-refractivity contribution in [2.45, 2.75) is 16.4 Å². The maximum Gasteiger partial charge on any atom is 0.191 e. The normalized spacial score (nSPS) is 29.3. The molecule has 1 aromatic rings. The minimum Gasteiger partial charge on any atom is -0.229 e. The maximum absolute atomic E-state index is 12.1. The molecule has 7 heteroatoms. The SMILES string of the molecule is C[C@H]1CS(=O)(=O)C[C@@H]1S(=O)(=O)c1cccs1. The summed E-state index contributed by atoms with van der Waals surface area (Å²) in [5.74, 6) is -0.589. The molecular weight excluding hydrogens is 268 g/mol. The third kappa shape index (κ3) is 2.03. The van der Waals surface area contributed by atoms with Gasteiger partial charge in [0.2, 0.25) is 0 Å². The van der Waals surface area contributed by atoms with Gasteiger partial charge in [-0.15, -0.1) is 11.3 Å².